The Morgan fingerprint density at radius 3 is 2.11 bits per heavy atom. The van der Waals surface area contributed by atoms with Crippen molar-refractivity contribution in [2.24, 2.45) is 34.6 Å². The van der Waals surface area contributed by atoms with Crippen LogP contribution >= 0.6 is 0 Å². The first-order chi connectivity index (χ1) is 33.5. The van der Waals surface area contributed by atoms with Crippen LogP contribution < -0.4 is 5.32 Å². The molecule has 3 fully saturated rings. The van der Waals surface area contributed by atoms with Crippen molar-refractivity contribution in [3.63, 3.8) is 0 Å². The maximum atomic E-state index is 14.7. The lowest BCUT2D eigenvalue weighted by Gasteiger charge is -2.52. The van der Waals surface area contributed by atoms with Crippen LogP contribution in [-0.4, -0.2) is 188 Å². The van der Waals surface area contributed by atoms with Gasteiger partial charge in [-0.15, -0.1) is 0 Å². The van der Waals surface area contributed by atoms with Crippen LogP contribution in [-0.2, 0) is 47.8 Å². The highest BCUT2D eigenvalue weighted by molar-refractivity contribution is 7.90. The minimum absolute atomic E-state index is 0.0307. The zero-order valence-corrected chi connectivity index (χ0v) is 46.1. The lowest BCUT2D eigenvalue weighted by atomic mass is 9.67. The molecule has 0 saturated carbocycles. The van der Waals surface area contributed by atoms with Crippen molar-refractivity contribution in [1.82, 2.24) is 10.2 Å². The Kier molecular flexibility index (Phi) is 21.8. The van der Waals surface area contributed by atoms with Crippen LogP contribution in [0.15, 0.2) is 34.2 Å². The molecule has 414 valence electrons. The van der Waals surface area contributed by atoms with Crippen LogP contribution in [0, 0.1) is 29.6 Å². The molecule has 1 aromatic rings. The smallest absolute Gasteiger partial charge is 0.309 e. The largest absolute Gasteiger partial charge is 0.459 e. The first kappa shape index (κ1) is 61.8. The number of alkyl halides is 1. The van der Waals surface area contributed by atoms with Crippen LogP contribution in [0.2, 0.25) is 0 Å². The van der Waals surface area contributed by atoms with Crippen LogP contribution in [0.4, 0.5) is 4.39 Å². The average molecular weight is 1050 g/mol. The molecule has 3 heterocycles. The summed E-state index contributed by atoms with van der Waals surface area (Å²) in [5.74, 6) is -4.65. The topological polar surface area (TPSA) is 252 Å². The fraction of sp³-hybridized carbons (Fsp3) is 0.827. The molecule has 3 saturated heterocycles. The third kappa shape index (κ3) is 14.0. The predicted octanol–water partition coefficient (Wildman–Crippen LogP) is 3.96. The normalized spacial score (nSPS) is 40.3. The Labute approximate surface area is 427 Å². The molecule has 3 aliphatic heterocycles. The molecule has 0 radical (unpaired) electrons. The highest BCUT2D eigenvalue weighted by Gasteiger charge is 2.56. The number of amides is 1. The third-order valence-electron chi connectivity index (χ3n) is 16.1. The van der Waals surface area contributed by atoms with Crippen LogP contribution in [0.1, 0.15) is 120 Å². The Bertz CT molecular complexity index is 2070. The zero-order valence-electron chi connectivity index (χ0n) is 45.3. The number of benzene rings is 1. The molecule has 0 spiro atoms. The maximum absolute atomic E-state index is 14.7. The summed E-state index contributed by atoms with van der Waals surface area (Å²) >= 11 is 0. The van der Waals surface area contributed by atoms with Crippen molar-refractivity contribution in [2.75, 3.05) is 47.3 Å². The van der Waals surface area contributed by atoms with E-state index in [-0.39, 0.29) is 48.6 Å². The van der Waals surface area contributed by atoms with Crippen molar-refractivity contribution >= 4 is 27.4 Å². The monoisotopic (exact) mass is 1050 g/mol. The standard InChI is InChI=1S/C52H88FN3O15S/c1-16-39-52(11,63)45(60)32(7)42(54-17-2)28(3)25-51(10,67-14)47(30(5)41(31(6)48(62)70-39)38-26-50(9,66-13)46(61)33(8)69-38)71-49-44(59)37(24-29(4)68-49)56(12)23-22-40(57)55-36(27-53)43(58)34-18-20-35(21-19-34)72(15,64)65/h18-21,28-33,36-39,41,43-47,49,58-61,63H,16-17,22-27H2,1-15H3,(H,55,57)/t28-,29-,30+,31-,32+,33+,36-,37+,38?,39-,41+,43-,44-,45-,46+,47-,49+,50-,51-,52-/m1/s1. The molecule has 72 heavy (non-hydrogen) atoms. The molecule has 0 aliphatic carbocycles. The van der Waals surface area contributed by atoms with Gasteiger partial charge in [0, 0.05) is 70.0 Å². The van der Waals surface area contributed by atoms with Crippen LogP contribution in [0.25, 0.3) is 0 Å². The number of carbonyl (C=O) groups is 2. The summed E-state index contributed by atoms with van der Waals surface area (Å²) in [6.07, 6.45) is -8.64. The lowest BCUT2D eigenvalue weighted by Crippen LogP contribution is -2.62. The van der Waals surface area contributed by atoms with Gasteiger partial charge in [-0.05, 0) is 97.4 Å². The number of sulfone groups is 1. The quantitative estimate of drug-likeness (QED) is 0.128. The summed E-state index contributed by atoms with van der Waals surface area (Å²) in [6.45, 7) is 19.2. The summed E-state index contributed by atoms with van der Waals surface area (Å²) in [4.78, 5) is 34.7. The van der Waals surface area contributed by atoms with E-state index in [2.05, 4.69) is 5.32 Å². The molecule has 4 rings (SSSR count). The highest BCUT2D eigenvalue weighted by atomic mass is 32.2. The molecule has 0 bridgehead atoms. The molecule has 20 atom stereocenters. The summed E-state index contributed by atoms with van der Waals surface area (Å²) in [5.41, 5.74) is -3.37. The number of hydrogen-bond acceptors (Lipinski definition) is 17. The van der Waals surface area contributed by atoms with E-state index in [4.69, 9.17) is 33.4 Å². The molecular formula is C52H88FN3O15S. The van der Waals surface area contributed by atoms with Crippen LogP contribution in [0.3, 0.4) is 0 Å². The highest BCUT2D eigenvalue weighted by Crippen LogP contribution is 2.46. The van der Waals surface area contributed by atoms with Gasteiger partial charge in [0.2, 0.25) is 5.91 Å². The molecule has 1 unspecified atom stereocenters. The lowest BCUT2D eigenvalue weighted by molar-refractivity contribution is -0.305. The number of halogens is 1. The van der Waals surface area contributed by atoms with E-state index in [1.165, 1.54) is 38.3 Å². The minimum atomic E-state index is -3.50. The van der Waals surface area contributed by atoms with Crippen molar-refractivity contribution in [3.05, 3.63) is 29.8 Å². The van der Waals surface area contributed by atoms with E-state index in [1.807, 2.05) is 34.6 Å². The van der Waals surface area contributed by atoms with Gasteiger partial charge in [-0.2, -0.15) is 0 Å². The number of nitrogens with one attached hydrogen (secondary N) is 1. The number of nitrogens with zero attached hydrogens (tertiary/aromatic N) is 2. The number of rotatable bonds is 16. The van der Waals surface area contributed by atoms with Crippen molar-refractivity contribution in [3.8, 4) is 0 Å². The third-order valence-corrected chi connectivity index (χ3v) is 17.3. The molecule has 1 amide bonds. The number of aliphatic hydroxyl groups is 5. The van der Waals surface area contributed by atoms with Gasteiger partial charge >= 0.3 is 5.97 Å². The van der Waals surface area contributed by atoms with Gasteiger partial charge in [-0.1, -0.05) is 46.8 Å². The number of carbonyl (C=O) groups excluding carboxylic acids is 2. The Balaban J connectivity index is 1.74. The Morgan fingerprint density at radius 2 is 1.57 bits per heavy atom. The van der Waals surface area contributed by atoms with E-state index in [1.54, 1.807) is 53.7 Å². The molecule has 0 aromatic heterocycles. The van der Waals surface area contributed by atoms with E-state index < -0.39 is 142 Å². The number of esters is 1. The molecular weight excluding hydrogens is 958 g/mol. The molecule has 18 nitrogen and oxygen atoms in total. The number of hydrogen-bond donors (Lipinski definition) is 6. The first-order valence-corrected chi connectivity index (χ1v) is 27.5. The number of likely N-dealkylation sites (N-methyl/N-ethyl adjacent to an activating group) is 1. The molecule has 6 N–H and O–H groups in total. The van der Waals surface area contributed by atoms with Gasteiger partial charge in [0.1, 0.15) is 36.7 Å². The van der Waals surface area contributed by atoms with Gasteiger partial charge in [-0.25, -0.2) is 12.8 Å². The number of aliphatic hydroxyl groups excluding tert-OH is 4. The number of cyclic esters (lactones) is 1. The van der Waals surface area contributed by atoms with E-state index in [0.717, 1.165) is 6.26 Å². The van der Waals surface area contributed by atoms with Crippen molar-refractivity contribution < 1.29 is 76.4 Å². The summed E-state index contributed by atoms with van der Waals surface area (Å²) in [5, 5.41) is 61.2. The summed E-state index contributed by atoms with van der Waals surface area (Å²) in [6, 6.07) is 3.42. The van der Waals surface area contributed by atoms with Gasteiger partial charge in [0.25, 0.3) is 0 Å². The second-order valence-corrected chi connectivity index (χ2v) is 23.6. The first-order valence-electron chi connectivity index (χ1n) is 25.6. The summed E-state index contributed by atoms with van der Waals surface area (Å²) in [7, 11) is 1.30. The van der Waals surface area contributed by atoms with Gasteiger partial charge in [0.15, 0.2) is 16.1 Å². The van der Waals surface area contributed by atoms with E-state index in [9.17, 15) is 47.9 Å². The minimum Gasteiger partial charge on any atom is -0.459 e. The van der Waals surface area contributed by atoms with Crippen molar-refractivity contribution in [1.29, 1.82) is 0 Å². The van der Waals surface area contributed by atoms with E-state index in [0.29, 0.717) is 18.7 Å². The van der Waals surface area contributed by atoms with E-state index >= 15 is 0 Å². The Morgan fingerprint density at radius 1 is 0.958 bits per heavy atom. The number of ether oxygens (including phenoxy) is 6. The second kappa shape index (κ2) is 25.4. The van der Waals surface area contributed by atoms with Gasteiger partial charge < -0.3 is 64.2 Å². The molecule has 20 heteroatoms. The Hall–Kier alpha value is -2.73. The predicted molar refractivity (Wildman–Crippen MR) is 269 cm³/mol. The van der Waals surface area contributed by atoms with Crippen LogP contribution in [0.5, 0.6) is 0 Å². The fourth-order valence-electron chi connectivity index (χ4n) is 11.6. The molecule has 1 aromatic carbocycles. The SMILES string of the molecule is CCN=C1[C@H](C)C[C@@](C)(OC)[C@H](O[C@@H]2O[C@H](C)C[C@H](N(C)CCC(=O)N[C@H](CF)[C@H](O)c3ccc(S(C)(=O)=O)cc3)[C@H]2O)[C@@H](C)[C@H](C2C[C@@](C)(OC)[C@@H](O)[C@H](C)O2)[C@@H](C)C(=O)O[C@H](CC)[C@@](C)(O)[C@H](O)[C@H]1C. The second-order valence-electron chi connectivity index (χ2n) is 21.6. The summed E-state index contributed by atoms with van der Waals surface area (Å²) < 4.78 is 77.1. The molecule has 3 aliphatic rings. The zero-order chi connectivity index (χ0) is 54.4. The van der Waals surface area contributed by atoms with Gasteiger partial charge in [-0.3, -0.25) is 14.6 Å². The van der Waals surface area contributed by atoms with Gasteiger partial charge in [0.05, 0.1) is 58.6 Å². The fourth-order valence-corrected chi connectivity index (χ4v) is 12.2. The number of aliphatic imine (C=N–C) groups is 1. The number of methoxy groups -OCH3 is 2. The van der Waals surface area contributed by atoms with Crippen molar-refractivity contribution in [2.45, 2.75) is 203 Å². The average Bonchev–Trinajstić information content (AvgIpc) is 3.33. The maximum Gasteiger partial charge on any atom is 0.309 e.